The number of phenolic OH excluding ortho intramolecular Hbond substituents is 1. The molecule has 2 heteroatoms. The molecule has 0 spiro atoms. The molecular weight excluding hydrogens is 198 g/mol. The highest BCUT2D eigenvalue weighted by atomic mass is 16.3. The van der Waals surface area contributed by atoms with Gasteiger partial charge < -0.3 is 10.0 Å². The average Bonchev–Trinajstić information content (AvgIpc) is 2.27. The number of quaternary nitrogens is 1. The molecule has 0 aromatic heterocycles. The van der Waals surface area contributed by atoms with E-state index in [0.717, 1.165) is 12.1 Å². The third-order valence-electron chi connectivity index (χ3n) is 3.66. The van der Waals surface area contributed by atoms with E-state index in [-0.39, 0.29) is 0 Å². The lowest BCUT2D eigenvalue weighted by Gasteiger charge is -2.24. The van der Waals surface area contributed by atoms with Crippen molar-refractivity contribution < 1.29 is 10.0 Å². The van der Waals surface area contributed by atoms with Crippen molar-refractivity contribution in [3.05, 3.63) is 28.8 Å². The van der Waals surface area contributed by atoms with Gasteiger partial charge in [0.25, 0.3) is 0 Å². The average molecular weight is 220 g/mol. The Bertz CT molecular complexity index is 367. The predicted molar refractivity (Wildman–Crippen MR) is 65.8 cm³/mol. The van der Waals surface area contributed by atoms with E-state index in [1.807, 2.05) is 13.0 Å². The maximum absolute atomic E-state index is 9.62. The first-order valence-corrected chi connectivity index (χ1v) is 6.29. The molecule has 0 saturated carbocycles. The number of aromatic hydroxyl groups is 1. The first-order valence-electron chi connectivity index (χ1n) is 6.29. The Morgan fingerprint density at radius 2 is 1.75 bits per heavy atom. The van der Waals surface area contributed by atoms with Gasteiger partial charge in [-0.1, -0.05) is 0 Å². The first kappa shape index (κ1) is 11.5. The highest BCUT2D eigenvalue weighted by Gasteiger charge is 2.15. The standard InChI is InChI=1S/C14H21NO/c1-11-9-14(16)12(2)8-13(11)10-15-6-4-3-5-7-15/h8-9,16H,3-7,10H2,1-2H3/p+1. The number of nitrogens with one attached hydrogen (secondary N) is 1. The molecule has 2 nitrogen and oxygen atoms in total. The van der Waals surface area contributed by atoms with E-state index in [0.29, 0.717) is 5.75 Å². The molecule has 1 aliphatic rings. The molecule has 1 fully saturated rings. The number of likely N-dealkylation sites (tertiary alicyclic amines) is 1. The molecule has 0 aliphatic carbocycles. The van der Waals surface area contributed by atoms with Gasteiger partial charge in [0, 0.05) is 5.56 Å². The Morgan fingerprint density at radius 3 is 2.44 bits per heavy atom. The second kappa shape index (κ2) is 4.88. The summed E-state index contributed by atoms with van der Waals surface area (Å²) in [7, 11) is 0. The minimum absolute atomic E-state index is 0.426. The van der Waals surface area contributed by atoms with Gasteiger partial charge in [-0.25, -0.2) is 0 Å². The van der Waals surface area contributed by atoms with Crippen LogP contribution in [0, 0.1) is 13.8 Å². The monoisotopic (exact) mass is 220 g/mol. The van der Waals surface area contributed by atoms with E-state index >= 15 is 0 Å². The zero-order chi connectivity index (χ0) is 11.5. The number of rotatable bonds is 2. The Hall–Kier alpha value is -1.02. The lowest BCUT2D eigenvalue weighted by molar-refractivity contribution is -0.918. The summed E-state index contributed by atoms with van der Waals surface area (Å²) in [6.07, 6.45) is 4.13. The van der Waals surface area contributed by atoms with E-state index < -0.39 is 0 Å². The molecule has 2 N–H and O–H groups in total. The molecule has 0 amide bonds. The number of hydrogen-bond donors (Lipinski definition) is 2. The van der Waals surface area contributed by atoms with Crippen LogP contribution in [0.4, 0.5) is 0 Å². The lowest BCUT2D eigenvalue weighted by atomic mass is 10.0. The SMILES string of the molecule is Cc1cc(C[NH+]2CCCCC2)c(C)cc1O. The van der Waals surface area contributed by atoms with E-state index in [4.69, 9.17) is 0 Å². The summed E-state index contributed by atoms with van der Waals surface area (Å²) in [4.78, 5) is 1.69. The Labute approximate surface area is 97.9 Å². The Morgan fingerprint density at radius 1 is 1.06 bits per heavy atom. The van der Waals surface area contributed by atoms with Crippen molar-refractivity contribution in [2.45, 2.75) is 39.7 Å². The smallest absolute Gasteiger partial charge is 0.118 e. The zero-order valence-corrected chi connectivity index (χ0v) is 10.3. The Balaban J connectivity index is 2.11. The van der Waals surface area contributed by atoms with Crippen molar-refractivity contribution in [2.24, 2.45) is 0 Å². The molecule has 1 aromatic rings. The summed E-state index contributed by atoms with van der Waals surface area (Å²) in [5, 5.41) is 9.62. The maximum atomic E-state index is 9.62. The second-order valence-corrected chi connectivity index (χ2v) is 5.05. The van der Waals surface area contributed by atoms with Gasteiger partial charge in [-0.05, 0) is 56.4 Å². The van der Waals surface area contributed by atoms with Crippen molar-refractivity contribution in [3.63, 3.8) is 0 Å². The molecule has 88 valence electrons. The van der Waals surface area contributed by atoms with Crippen molar-refractivity contribution in [3.8, 4) is 5.75 Å². The van der Waals surface area contributed by atoms with Crippen LogP contribution in [-0.4, -0.2) is 18.2 Å². The molecule has 1 saturated heterocycles. The highest BCUT2D eigenvalue weighted by Crippen LogP contribution is 2.20. The van der Waals surface area contributed by atoms with Gasteiger partial charge in [-0.2, -0.15) is 0 Å². The molecule has 0 radical (unpaired) electrons. The fraction of sp³-hybridized carbons (Fsp3) is 0.571. The number of benzene rings is 1. The van der Waals surface area contributed by atoms with Crippen LogP contribution in [0.2, 0.25) is 0 Å². The molecule has 0 atom stereocenters. The zero-order valence-electron chi connectivity index (χ0n) is 10.3. The van der Waals surface area contributed by atoms with E-state index in [9.17, 15) is 5.11 Å². The van der Waals surface area contributed by atoms with Crippen molar-refractivity contribution >= 4 is 0 Å². The van der Waals surface area contributed by atoms with Crippen LogP contribution < -0.4 is 4.90 Å². The van der Waals surface area contributed by atoms with Gasteiger partial charge in [0.15, 0.2) is 0 Å². The second-order valence-electron chi connectivity index (χ2n) is 5.05. The lowest BCUT2D eigenvalue weighted by Crippen LogP contribution is -3.11. The number of phenols is 1. The molecule has 1 aromatic carbocycles. The molecule has 1 aliphatic heterocycles. The first-order chi connectivity index (χ1) is 7.66. The maximum Gasteiger partial charge on any atom is 0.118 e. The van der Waals surface area contributed by atoms with E-state index in [1.165, 1.54) is 43.5 Å². The van der Waals surface area contributed by atoms with Crippen molar-refractivity contribution in [1.29, 1.82) is 0 Å². The molecule has 1 heterocycles. The molecule has 0 unspecified atom stereocenters. The van der Waals surface area contributed by atoms with Gasteiger partial charge >= 0.3 is 0 Å². The molecule has 0 bridgehead atoms. The minimum Gasteiger partial charge on any atom is -0.508 e. The normalized spacial score (nSPS) is 17.6. The van der Waals surface area contributed by atoms with Crippen LogP contribution in [0.15, 0.2) is 12.1 Å². The van der Waals surface area contributed by atoms with Gasteiger partial charge in [0.1, 0.15) is 12.3 Å². The minimum atomic E-state index is 0.426. The fourth-order valence-corrected chi connectivity index (χ4v) is 2.55. The Kier molecular flexibility index (Phi) is 3.49. The van der Waals surface area contributed by atoms with Gasteiger partial charge in [0.2, 0.25) is 0 Å². The summed E-state index contributed by atoms with van der Waals surface area (Å²) in [6.45, 7) is 7.80. The van der Waals surface area contributed by atoms with E-state index in [1.54, 1.807) is 4.90 Å². The summed E-state index contributed by atoms with van der Waals surface area (Å²) in [5.74, 6) is 0.426. The van der Waals surface area contributed by atoms with Gasteiger partial charge in [-0.15, -0.1) is 0 Å². The summed E-state index contributed by atoms with van der Waals surface area (Å²) >= 11 is 0. The van der Waals surface area contributed by atoms with Gasteiger partial charge in [-0.3, -0.25) is 0 Å². The van der Waals surface area contributed by atoms with Crippen LogP contribution in [0.25, 0.3) is 0 Å². The van der Waals surface area contributed by atoms with Crippen LogP contribution in [0.1, 0.15) is 36.0 Å². The van der Waals surface area contributed by atoms with Crippen LogP contribution in [-0.2, 0) is 6.54 Å². The quantitative estimate of drug-likeness (QED) is 0.777. The topological polar surface area (TPSA) is 24.7 Å². The van der Waals surface area contributed by atoms with Crippen LogP contribution in [0.5, 0.6) is 5.75 Å². The number of aryl methyl sites for hydroxylation is 2. The molecular formula is C14H22NO+. The van der Waals surface area contributed by atoms with Crippen molar-refractivity contribution in [1.82, 2.24) is 0 Å². The largest absolute Gasteiger partial charge is 0.508 e. The van der Waals surface area contributed by atoms with Crippen molar-refractivity contribution in [2.75, 3.05) is 13.1 Å². The third kappa shape index (κ3) is 2.56. The molecule has 16 heavy (non-hydrogen) atoms. The number of piperidine rings is 1. The predicted octanol–water partition coefficient (Wildman–Crippen LogP) is 1.58. The highest BCUT2D eigenvalue weighted by molar-refractivity contribution is 5.40. The summed E-state index contributed by atoms with van der Waals surface area (Å²) in [6, 6.07) is 4.04. The summed E-state index contributed by atoms with van der Waals surface area (Å²) < 4.78 is 0. The molecule has 2 rings (SSSR count). The fourth-order valence-electron chi connectivity index (χ4n) is 2.55. The van der Waals surface area contributed by atoms with Crippen LogP contribution >= 0.6 is 0 Å². The third-order valence-corrected chi connectivity index (χ3v) is 3.66. The van der Waals surface area contributed by atoms with Crippen LogP contribution in [0.3, 0.4) is 0 Å². The van der Waals surface area contributed by atoms with Gasteiger partial charge in [0.05, 0.1) is 13.1 Å². The number of hydrogen-bond acceptors (Lipinski definition) is 1. The van der Waals surface area contributed by atoms with E-state index in [2.05, 4.69) is 13.0 Å². The summed E-state index contributed by atoms with van der Waals surface area (Å²) in [5.41, 5.74) is 3.62.